The summed E-state index contributed by atoms with van der Waals surface area (Å²) in [7, 11) is 0. The van der Waals surface area contributed by atoms with E-state index in [0.717, 1.165) is 12.1 Å². The molecule has 0 N–H and O–H groups in total. The highest BCUT2D eigenvalue weighted by atomic mass is 14.7. The number of pyridine rings is 1. The second kappa shape index (κ2) is 5.92. The lowest BCUT2D eigenvalue weighted by molar-refractivity contribution is 1.15. The molecule has 3 aromatic rings. The normalized spacial score (nSPS) is 10.6. The van der Waals surface area contributed by atoms with E-state index in [2.05, 4.69) is 73.4 Å². The molecule has 0 aliphatic carbocycles. The van der Waals surface area contributed by atoms with Gasteiger partial charge in [-0.1, -0.05) is 42.5 Å². The molecule has 0 aliphatic rings. The van der Waals surface area contributed by atoms with Gasteiger partial charge in [-0.05, 0) is 60.7 Å². The molecule has 1 nitrogen and oxygen atoms in total. The summed E-state index contributed by atoms with van der Waals surface area (Å²) in [4.78, 5) is 4.49. The van der Waals surface area contributed by atoms with Gasteiger partial charge in [0.05, 0.1) is 5.69 Å². The lowest BCUT2D eigenvalue weighted by Gasteiger charge is -2.09. The van der Waals surface area contributed by atoms with E-state index < -0.39 is 0 Å². The molecule has 104 valence electrons. The molecule has 0 spiro atoms. The average Bonchev–Trinajstić information content (AvgIpc) is 2.50. The highest BCUT2D eigenvalue weighted by Gasteiger charge is 2.05. The number of rotatable bonds is 3. The third-order valence-corrected chi connectivity index (χ3v) is 3.80. The molecule has 0 saturated carbocycles. The van der Waals surface area contributed by atoms with Crippen molar-refractivity contribution in [2.75, 3.05) is 0 Å². The molecule has 1 aromatic heterocycles. The Labute approximate surface area is 126 Å². The second-order valence-electron chi connectivity index (χ2n) is 5.52. The molecule has 0 unspecified atom stereocenters. The fraction of sp³-hybridized carbons (Fsp3) is 0.150. The van der Waals surface area contributed by atoms with Crippen molar-refractivity contribution in [2.45, 2.75) is 20.3 Å². The largest absolute Gasteiger partial charge is 0.256 e. The molecule has 0 aliphatic heterocycles. The summed E-state index contributed by atoms with van der Waals surface area (Å²) in [6.45, 7) is 4.27. The van der Waals surface area contributed by atoms with Crippen LogP contribution in [0.1, 0.15) is 22.3 Å². The van der Waals surface area contributed by atoms with Crippen molar-refractivity contribution < 1.29 is 0 Å². The smallest absolute Gasteiger partial charge is 0.0704 e. The van der Waals surface area contributed by atoms with Gasteiger partial charge in [-0.15, -0.1) is 0 Å². The Bertz CT molecular complexity index is 745. The van der Waals surface area contributed by atoms with Crippen molar-refractivity contribution in [3.05, 3.63) is 89.1 Å². The monoisotopic (exact) mass is 273 g/mol. The second-order valence-corrected chi connectivity index (χ2v) is 5.52. The number of hydrogen-bond donors (Lipinski definition) is 0. The van der Waals surface area contributed by atoms with Crippen LogP contribution in [0.5, 0.6) is 0 Å². The third-order valence-electron chi connectivity index (χ3n) is 3.80. The van der Waals surface area contributed by atoms with Crippen LogP contribution < -0.4 is 0 Å². The summed E-state index contributed by atoms with van der Waals surface area (Å²) >= 11 is 0. The Morgan fingerprint density at radius 1 is 0.857 bits per heavy atom. The van der Waals surface area contributed by atoms with E-state index >= 15 is 0 Å². The lowest BCUT2D eigenvalue weighted by atomic mass is 9.97. The van der Waals surface area contributed by atoms with Crippen LogP contribution in [0.25, 0.3) is 11.3 Å². The van der Waals surface area contributed by atoms with Crippen molar-refractivity contribution in [3.8, 4) is 11.3 Å². The van der Waals surface area contributed by atoms with Crippen LogP contribution in [-0.2, 0) is 6.42 Å². The first kappa shape index (κ1) is 13.6. The summed E-state index contributed by atoms with van der Waals surface area (Å²) < 4.78 is 0. The van der Waals surface area contributed by atoms with E-state index in [1.807, 2.05) is 12.3 Å². The zero-order valence-electron chi connectivity index (χ0n) is 12.5. The maximum absolute atomic E-state index is 4.49. The zero-order chi connectivity index (χ0) is 14.7. The van der Waals surface area contributed by atoms with Crippen LogP contribution in [0.3, 0.4) is 0 Å². The van der Waals surface area contributed by atoms with Gasteiger partial charge in [0.25, 0.3) is 0 Å². The molecule has 0 amide bonds. The van der Waals surface area contributed by atoms with Gasteiger partial charge in [0.2, 0.25) is 0 Å². The number of aromatic nitrogens is 1. The summed E-state index contributed by atoms with van der Waals surface area (Å²) in [5, 5.41) is 0. The van der Waals surface area contributed by atoms with E-state index in [-0.39, 0.29) is 0 Å². The van der Waals surface area contributed by atoms with Crippen molar-refractivity contribution >= 4 is 0 Å². The third kappa shape index (κ3) is 3.19. The molecule has 2 aromatic carbocycles. The van der Waals surface area contributed by atoms with Gasteiger partial charge in [0.15, 0.2) is 0 Å². The maximum atomic E-state index is 4.49. The maximum Gasteiger partial charge on any atom is 0.0704 e. The van der Waals surface area contributed by atoms with Gasteiger partial charge in [-0.25, -0.2) is 0 Å². The van der Waals surface area contributed by atoms with Crippen LogP contribution in [0.2, 0.25) is 0 Å². The van der Waals surface area contributed by atoms with Crippen LogP contribution in [0.4, 0.5) is 0 Å². The van der Waals surface area contributed by atoms with E-state index in [9.17, 15) is 0 Å². The van der Waals surface area contributed by atoms with Crippen LogP contribution >= 0.6 is 0 Å². The molecule has 0 atom stereocenters. The van der Waals surface area contributed by atoms with E-state index in [4.69, 9.17) is 0 Å². The van der Waals surface area contributed by atoms with Crippen LogP contribution in [-0.4, -0.2) is 4.98 Å². The van der Waals surface area contributed by atoms with Crippen LogP contribution in [0, 0.1) is 13.8 Å². The minimum Gasteiger partial charge on any atom is -0.256 e. The van der Waals surface area contributed by atoms with Crippen LogP contribution in [0.15, 0.2) is 66.9 Å². The summed E-state index contributed by atoms with van der Waals surface area (Å²) in [5.74, 6) is 0. The molecule has 1 heteroatoms. The van der Waals surface area contributed by atoms with Gasteiger partial charge in [-0.3, -0.25) is 4.98 Å². The molecule has 3 rings (SSSR count). The summed E-state index contributed by atoms with van der Waals surface area (Å²) in [5.41, 5.74) is 7.51. The Kier molecular flexibility index (Phi) is 3.83. The standard InChI is InChI=1S/C20H19N/c1-15-10-11-21-20(12-15)18-9-8-16(2)19(14-18)13-17-6-4-3-5-7-17/h3-12,14H,13H2,1-2H3. The van der Waals surface area contributed by atoms with Crippen molar-refractivity contribution in [2.24, 2.45) is 0 Å². The fourth-order valence-electron chi connectivity index (χ4n) is 2.53. The van der Waals surface area contributed by atoms with Crippen molar-refractivity contribution in [1.82, 2.24) is 4.98 Å². The quantitative estimate of drug-likeness (QED) is 0.657. The fourth-order valence-corrected chi connectivity index (χ4v) is 2.53. The Balaban J connectivity index is 1.97. The lowest BCUT2D eigenvalue weighted by Crippen LogP contribution is -1.93. The average molecular weight is 273 g/mol. The first-order chi connectivity index (χ1) is 10.2. The molecule has 1 heterocycles. The van der Waals surface area contributed by atoms with Crippen molar-refractivity contribution in [3.63, 3.8) is 0 Å². The minimum absolute atomic E-state index is 0.965. The molecular weight excluding hydrogens is 254 g/mol. The van der Waals surface area contributed by atoms with E-state index in [0.29, 0.717) is 0 Å². The summed E-state index contributed by atoms with van der Waals surface area (Å²) in [6, 6.07) is 21.4. The van der Waals surface area contributed by atoms with Gasteiger partial charge in [-0.2, -0.15) is 0 Å². The molecule has 0 fully saturated rings. The predicted molar refractivity (Wildman–Crippen MR) is 88.4 cm³/mol. The number of nitrogens with zero attached hydrogens (tertiary/aromatic N) is 1. The van der Waals surface area contributed by atoms with Gasteiger partial charge >= 0.3 is 0 Å². The van der Waals surface area contributed by atoms with Gasteiger partial charge in [0.1, 0.15) is 0 Å². The highest BCUT2D eigenvalue weighted by Crippen LogP contribution is 2.23. The molecule has 0 saturated heterocycles. The molecular formula is C20H19N. The molecule has 0 radical (unpaired) electrons. The Morgan fingerprint density at radius 3 is 2.43 bits per heavy atom. The zero-order valence-corrected chi connectivity index (χ0v) is 12.5. The topological polar surface area (TPSA) is 12.9 Å². The highest BCUT2D eigenvalue weighted by molar-refractivity contribution is 5.61. The molecule has 21 heavy (non-hydrogen) atoms. The SMILES string of the molecule is Cc1ccnc(-c2ccc(C)c(Cc3ccccc3)c2)c1. The first-order valence-corrected chi connectivity index (χ1v) is 7.29. The van der Waals surface area contributed by atoms with E-state index in [1.54, 1.807) is 0 Å². The summed E-state index contributed by atoms with van der Waals surface area (Å²) in [6.07, 6.45) is 2.84. The predicted octanol–water partition coefficient (Wildman–Crippen LogP) is 4.96. The minimum atomic E-state index is 0.965. The van der Waals surface area contributed by atoms with Crippen molar-refractivity contribution in [1.29, 1.82) is 0 Å². The van der Waals surface area contributed by atoms with E-state index in [1.165, 1.54) is 27.8 Å². The Hall–Kier alpha value is -2.41. The number of benzene rings is 2. The molecule has 0 bridgehead atoms. The van der Waals surface area contributed by atoms with Gasteiger partial charge < -0.3 is 0 Å². The van der Waals surface area contributed by atoms with Gasteiger partial charge in [0, 0.05) is 11.8 Å². The Morgan fingerprint density at radius 2 is 1.67 bits per heavy atom. The number of hydrogen-bond acceptors (Lipinski definition) is 1. The first-order valence-electron chi connectivity index (χ1n) is 7.29. The number of aryl methyl sites for hydroxylation is 2.